The number of hydrogen-bond acceptors (Lipinski definition) is 3. The first-order valence-corrected chi connectivity index (χ1v) is 11.0. The second-order valence-electron chi connectivity index (χ2n) is 8.03. The molecule has 2 aliphatic rings. The third kappa shape index (κ3) is 3.64. The highest BCUT2D eigenvalue weighted by Crippen LogP contribution is 2.38. The van der Waals surface area contributed by atoms with Gasteiger partial charge in [0.05, 0.1) is 11.4 Å². The molecule has 1 aromatic heterocycles. The van der Waals surface area contributed by atoms with Crippen molar-refractivity contribution in [3.63, 3.8) is 0 Å². The van der Waals surface area contributed by atoms with Crippen LogP contribution in [0.15, 0.2) is 48.5 Å². The summed E-state index contributed by atoms with van der Waals surface area (Å²) in [4.78, 5) is 15.5. The van der Waals surface area contributed by atoms with Gasteiger partial charge in [-0.2, -0.15) is 5.10 Å². The summed E-state index contributed by atoms with van der Waals surface area (Å²) in [5.74, 6) is -0.0856. The maximum Gasteiger partial charge on any atom is 0.272 e. The molecule has 5 rings (SSSR count). The highest BCUT2D eigenvalue weighted by atomic mass is 35.5. The third-order valence-electron chi connectivity index (χ3n) is 6.08. The zero-order chi connectivity index (χ0) is 20.5. The number of nitrogens with zero attached hydrogens (tertiary/aromatic N) is 3. The minimum Gasteiger partial charge on any atom is -0.349 e. The minimum absolute atomic E-state index is 0.0856. The Kier molecular flexibility index (Phi) is 5.32. The van der Waals surface area contributed by atoms with E-state index in [1.54, 1.807) is 0 Å². The van der Waals surface area contributed by atoms with Crippen molar-refractivity contribution in [3.8, 4) is 16.9 Å². The van der Waals surface area contributed by atoms with Crippen molar-refractivity contribution in [2.45, 2.75) is 25.7 Å². The summed E-state index contributed by atoms with van der Waals surface area (Å²) in [7, 11) is 0. The van der Waals surface area contributed by atoms with Crippen molar-refractivity contribution < 1.29 is 4.79 Å². The number of fused-ring (bicyclic) bond motifs is 3. The first-order chi connectivity index (χ1) is 14.7. The van der Waals surface area contributed by atoms with Crippen LogP contribution in [-0.4, -0.2) is 46.8 Å². The van der Waals surface area contributed by atoms with E-state index >= 15 is 0 Å². The number of nitrogens with one attached hydrogen (secondary N) is 1. The molecule has 30 heavy (non-hydrogen) atoms. The molecular weight excluding hydrogens is 396 g/mol. The highest BCUT2D eigenvalue weighted by molar-refractivity contribution is 6.30. The zero-order valence-electron chi connectivity index (χ0n) is 16.9. The molecule has 0 unspecified atom stereocenters. The lowest BCUT2D eigenvalue weighted by Crippen LogP contribution is -2.34. The van der Waals surface area contributed by atoms with Crippen molar-refractivity contribution in [3.05, 3.63) is 70.4 Å². The second-order valence-corrected chi connectivity index (χ2v) is 8.47. The van der Waals surface area contributed by atoms with E-state index in [0.29, 0.717) is 12.2 Å². The predicted molar refractivity (Wildman–Crippen MR) is 119 cm³/mol. The zero-order valence-corrected chi connectivity index (χ0v) is 17.7. The Labute approximate surface area is 181 Å². The molecule has 0 saturated carbocycles. The van der Waals surface area contributed by atoms with Crippen LogP contribution in [0.5, 0.6) is 0 Å². The van der Waals surface area contributed by atoms with Crippen molar-refractivity contribution in [2.75, 3.05) is 26.2 Å². The van der Waals surface area contributed by atoms with E-state index in [2.05, 4.69) is 10.2 Å². The molecule has 1 N–H and O–H groups in total. The number of aromatic nitrogens is 2. The van der Waals surface area contributed by atoms with Gasteiger partial charge in [0.15, 0.2) is 5.69 Å². The molecule has 2 aromatic carbocycles. The van der Waals surface area contributed by atoms with Gasteiger partial charge in [0, 0.05) is 29.2 Å². The number of amides is 1. The number of carbonyl (C=O) groups excluding carboxylic acids is 1. The van der Waals surface area contributed by atoms with E-state index in [9.17, 15) is 4.79 Å². The molecule has 5 nitrogen and oxygen atoms in total. The number of hydrogen-bond donors (Lipinski definition) is 1. The number of para-hydroxylation sites is 1. The van der Waals surface area contributed by atoms with Crippen LogP contribution in [-0.2, 0) is 12.8 Å². The van der Waals surface area contributed by atoms with E-state index in [-0.39, 0.29) is 5.91 Å². The smallest absolute Gasteiger partial charge is 0.272 e. The van der Waals surface area contributed by atoms with Gasteiger partial charge in [-0.25, -0.2) is 4.68 Å². The number of rotatable bonds is 5. The van der Waals surface area contributed by atoms with Gasteiger partial charge < -0.3 is 10.2 Å². The van der Waals surface area contributed by atoms with E-state index < -0.39 is 0 Å². The SMILES string of the molecule is O=C(NCCN1CCCC1)c1nn(-c2ccccc2)c2c1CCc1cc(Cl)ccc1-2. The number of aryl methyl sites for hydroxylation is 1. The molecule has 2 heterocycles. The van der Waals surface area contributed by atoms with Crippen LogP contribution in [0.25, 0.3) is 16.9 Å². The van der Waals surface area contributed by atoms with Crippen LogP contribution >= 0.6 is 11.6 Å². The summed E-state index contributed by atoms with van der Waals surface area (Å²) in [6, 6.07) is 16.0. The predicted octanol–water partition coefficient (Wildman–Crippen LogP) is 4.12. The van der Waals surface area contributed by atoms with Crippen LogP contribution < -0.4 is 5.32 Å². The number of carbonyl (C=O) groups is 1. The molecule has 0 bridgehead atoms. The van der Waals surface area contributed by atoms with Gasteiger partial charge >= 0.3 is 0 Å². The van der Waals surface area contributed by atoms with Gasteiger partial charge in [0.1, 0.15) is 0 Å². The van der Waals surface area contributed by atoms with Gasteiger partial charge in [-0.3, -0.25) is 4.79 Å². The molecule has 1 saturated heterocycles. The number of likely N-dealkylation sites (tertiary alicyclic amines) is 1. The quantitative estimate of drug-likeness (QED) is 0.675. The Bertz CT molecular complexity index is 1070. The van der Waals surface area contributed by atoms with Gasteiger partial charge in [0.25, 0.3) is 5.91 Å². The van der Waals surface area contributed by atoms with E-state index in [0.717, 1.165) is 60.0 Å². The molecular formula is C24H25ClN4O. The van der Waals surface area contributed by atoms with Crippen LogP contribution in [0.1, 0.15) is 34.5 Å². The lowest BCUT2D eigenvalue weighted by molar-refractivity contribution is 0.0943. The fraction of sp³-hybridized carbons (Fsp3) is 0.333. The van der Waals surface area contributed by atoms with Gasteiger partial charge in [0.2, 0.25) is 0 Å². The van der Waals surface area contributed by atoms with Gasteiger partial charge in [-0.15, -0.1) is 0 Å². The summed E-state index contributed by atoms with van der Waals surface area (Å²) in [6.45, 7) is 3.81. The minimum atomic E-state index is -0.0856. The molecule has 1 fully saturated rings. The van der Waals surface area contributed by atoms with E-state index in [1.165, 1.54) is 18.4 Å². The van der Waals surface area contributed by atoms with Gasteiger partial charge in [-0.1, -0.05) is 35.9 Å². The molecule has 0 radical (unpaired) electrons. The third-order valence-corrected chi connectivity index (χ3v) is 6.31. The Morgan fingerprint density at radius 2 is 1.87 bits per heavy atom. The average Bonchev–Trinajstić information content (AvgIpc) is 3.42. The van der Waals surface area contributed by atoms with Crippen LogP contribution in [0.2, 0.25) is 5.02 Å². The van der Waals surface area contributed by atoms with E-state index in [4.69, 9.17) is 16.7 Å². The first kappa shape index (κ1) is 19.3. The molecule has 1 aliphatic heterocycles. The van der Waals surface area contributed by atoms with Gasteiger partial charge in [-0.05, 0) is 68.6 Å². The molecule has 154 valence electrons. The summed E-state index contributed by atoms with van der Waals surface area (Å²) in [6.07, 6.45) is 4.15. The van der Waals surface area contributed by atoms with Crippen LogP contribution in [0.3, 0.4) is 0 Å². The summed E-state index contributed by atoms with van der Waals surface area (Å²) in [5, 5.41) is 8.63. The van der Waals surface area contributed by atoms with Crippen LogP contribution in [0.4, 0.5) is 0 Å². The average molecular weight is 421 g/mol. The highest BCUT2D eigenvalue weighted by Gasteiger charge is 2.29. The Morgan fingerprint density at radius 1 is 1.07 bits per heavy atom. The fourth-order valence-electron chi connectivity index (χ4n) is 4.58. The molecule has 0 spiro atoms. The summed E-state index contributed by atoms with van der Waals surface area (Å²) >= 11 is 6.24. The molecule has 1 aliphatic carbocycles. The first-order valence-electron chi connectivity index (χ1n) is 10.7. The van der Waals surface area contributed by atoms with Crippen LogP contribution in [0, 0.1) is 0 Å². The van der Waals surface area contributed by atoms with Crippen molar-refractivity contribution >= 4 is 17.5 Å². The molecule has 1 amide bonds. The van der Waals surface area contributed by atoms with Crippen molar-refractivity contribution in [2.24, 2.45) is 0 Å². The fourth-order valence-corrected chi connectivity index (χ4v) is 4.77. The summed E-state index contributed by atoms with van der Waals surface area (Å²) < 4.78 is 1.91. The maximum atomic E-state index is 13.1. The van der Waals surface area contributed by atoms with E-state index in [1.807, 2.05) is 53.2 Å². The lowest BCUT2D eigenvalue weighted by atomic mass is 9.88. The maximum absolute atomic E-state index is 13.1. The normalized spacial score (nSPS) is 15.6. The van der Waals surface area contributed by atoms with Crippen molar-refractivity contribution in [1.82, 2.24) is 20.0 Å². The largest absolute Gasteiger partial charge is 0.349 e. The summed E-state index contributed by atoms with van der Waals surface area (Å²) in [5.41, 5.74) is 5.82. The second kappa shape index (κ2) is 8.25. The number of halogens is 1. The molecule has 3 aromatic rings. The monoisotopic (exact) mass is 420 g/mol. The Balaban J connectivity index is 1.50. The topological polar surface area (TPSA) is 50.2 Å². The Hall–Kier alpha value is -2.63. The number of benzene rings is 2. The van der Waals surface area contributed by atoms with Crippen molar-refractivity contribution in [1.29, 1.82) is 0 Å². The molecule has 6 heteroatoms. The standard InChI is InChI=1S/C24H25ClN4O/c25-18-9-11-20-17(16-18)8-10-21-22(24(30)26-12-15-28-13-4-5-14-28)27-29(23(20)21)19-6-2-1-3-7-19/h1-3,6-7,9,11,16H,4-5,8,10,12-15H2,(H,26,30). The lowest BCUT2D eigenvalue weighted by Gasteiger charge is -2.19. The Morgan fingerprint density at radius 3 is 2.67 bits per heavy atom. The molecule has 0 atom stereocenters.